The van der Waals surface area contributed by atoms with Gasteiger partial charge in [-0.25, -0.2) is 4.98 Å². The SMILES string of the molecule is CC(C)(C)c1ccc(Cn2c(NC(=O)c3ccccc3)nc3ccccc32)cc1. The second-order valence-corrected chi connectivity index (χ2v) is 8.28. The number of carbonyl (C=O) groups excluding carboxylic acids is 1. The summed E-state index contributed by atoms with van der Waals surface area (Å²) in [6, 6.07) is 25.8. The molecule has 1 heterocycles. The Bertz CT molecular complexity index is 1140. The van der Waals surface area contributed by atoms with Crippen LogP contribution in [0.15, 0.2) is 78.9 Å². The summed E-state index contributed by atoms with van der Waals surface area (Å²) in [5.74, 6) is 0.394. The van der Waals surface area contributed by atoms with Gasteiger partial charge in [0.15, 0.2) is 0 Å². The second-order valence-electron chi connectivity index (χ2n) is 8.28. The van der Waals surface area contributed by atoms with Crippen molar-refractivity contribution in [1.29, 1.82) is 0 Å². The van der Waals surface area contributed by atoms with Crippen molar-refractivity contribution in [1.82, 2.24) is 9.55 Å². The minimum Gasteiger partial charge on any atom is -0.305 e. The fourth-order valence-corrected chi connectivity index (χ4v) is 3.39. The van der Waals surface area contributed by atoms with E-state index >= 15 is 0 Å². The predicted octanol–water partition coefficient (Wildman–Crippen LogP) is 5.63. The van der Waals surface area contributed by atoms with Gasteiger partial charge in [-0.05, 0) is 40.8 Å². The van der Waals surface area contributed by atoms with Gasteiger partial charge in [-0.1, -0.05) is 75.4 Å². The third-order valence-electron chi connectivity index (χ3n) is 5.08. The number of amides is 1. The first kappa shape index (κ1) is 18.9. The third kappa shape index (κ3) is 4.06. The topological polar surface area (TPSA) is 46.9 Å². The van der Waals surface area contributed by atoms with Crippen molar-refractivity contribution in [3.05, 3.63) is 95.6 Å². The molecule has 0 aliphatic carbocycles. The van der Waals surface area contributed by atoms with Crippen LogP contribution in [0, 0.1) is 0 Å². The van der Waals surface area contributed by atoms with Gasteiger partial charge in [0.2, 0.25) is 5.95 Å². The van der Waals surface area contributed by atoms with E-state index in [4.69, 9.17) is 0 Å². The molecule has 0 saturated carbocycles. The normalized spacial score (nSPS) is 11.6. The third-order valence-corrected chi connectivity index (χ3v) is 5.08. The van der Waals surface area contributed by atoms with E-state index < -0.39 is 0 Å². The summed E-state index contributed by atoms with van der Waals surface area (Å²) >= 11 is 0. The quantitative estimate of drug-likeness (QED) is 0.496. The van der Waals surface area contributed by atoms with E-state index in [9.17, 15) is 4.79 Å². The lowest BCUT2D eigenvalue weighted by molar-refractivity contribution is 0.102. The van der Waals surface area contributed by atoms with Crippen molar-refractivity contribution in [3.8, 4) is 0 Å². The molecule has 1 amide bonds. The van der Waals surface area contributed by atoms with Gasteiger partial charge in [-0.3, -0.25) is 10.1 Å². The number of nitrogens with one attached hydrogen (secondary N) is 1. The van der Waals surface area contributed by atoms with E-state index in [0.29, 0.717) is 18.1 Å². The van der Waals surface area contributed by atoms with Crippen LogP contribution in [0.4, 0.5) is 5.95 Å². The number of benzene rings is 3. The maximum absolute atomic E-state index is 12.7. The highest BCUT2D eigenvalue weighted by Crippen LogP contribution is 2.25. The second kappa shape index (κ2) is 7.55. The Morgan fingerprint density at radius 1 is 0.897 bits per heavy atom. The first-order valence-corrected chi connectivity index (χ1v) is 9.83. The van der Waals surface area contributed by atoms with Gasteiger partial charge < -0.3 is 4.57 Å². The number of hydrogen-bond acceptors (Lipinski definition) is 2. The van der Waals surface area contributed by atoms with E-state index in [1.165, 1.54) is 5.56 Å². The molecule has 0 saturated heterocycles. The first-order chi connectivity index (χ1) is 13.9. The Labute approximate surface area is 171 Å². The highest BCUT2D eigenvalue weighted by atomic mass is 16.1. The summed E-state index contributed by atoms with van der Waals surface area (Å²) in [7, 11) is 0. The highest BCUT2D eigenvalue weighted by Gasteiger charge is 2.16. The van der Waals surface area contributed by atoms with E-state index in [0.717, 1.165) is 16.6 Å². The van der Waals surface area contributed by atoms with Crippen LogP contribution in [0.1, 0.15) is 42.3 Å². The number of imidazole rings is 1. The maximum Gasteiger partial charge on any atom is 0.257 e. The molecule has 3 aromatic carbocycles. The molecule has 0 aliphatic heterocycles. The van der Waals surface area contributed by atoms with Crippen molar-refractivity contribution in [3.63, 3.8) is 0 Å². The average Bonchev–Trinajstić information content (AvgIpc) is 3.05. The van der Waals surface area contributed by atoms with E-state index in [1.807, 2.05) is 42.5 Å². The Morgan fingerprint density at radius 2 is 1.55 bits per heavy atom. The van der Waals surface area contributed by atoms with Crippen LogP contribution >= 0.6 is 0 Å². The smallest absolute Gasteiger partial charge is 0.257 e. The summed E-state index contributed by atoms with van der Waals surface area (Å²) in [6.07, 6.45) is 0. The zero-order chi connectivity index (χ0) is 20.4. The van der Waals surface area contributed by atoms with Crippen LogP contribution in [0.25, 0.3) is 11.0 Å². The van der Waals surface area contributed by atoms with Crippen molar-refractivity contribution in [2.24, 2.45) is 0 Å². The monoisotopic (exact) mass is 383 g/mol. The summed E-state index contributed by atoms with van der Waals surface area (Å²) in [5.41, 5.74) is 5.05. The fourth-order valence-electron chi connectivity index (χ4n) is 3.39. The molecule has 4 rings (SSSR count). The molecule has 0 unspecified atom stereocenters. The average molecular weight is 383 g/mol. The minimum atomic E-state index is -0.162. The molecule has 4 aromatic rings. The lowest BCUT2D eigenvalue weighted by Gasteiger charge is -2.19. The molecule has 29 heavy (non-hydrogen) atoms. The molecular weight excluding hydrogens is 358 g/mol. The molecule has 0 aliphatic rings. The Balaban J connectivity index is 1.67. The fraction of sp³-hybridized carbons (Fsp3) is 0.200. The Hall–Kier alpha value is -3.40. The Morgan fingerprint density at radius 3 is 2.24 bits per heavy atom. The van der Waals surface area contributed by atoms with Crippen LogP contribution in [-0.2, 0) is 12.0 Å². The lowest BCUT2D eigenvalue weighted by atomic mass is 9.87. The Kier molecular flexibility index (Phi) is 4.93. The van der Waals surface area contributed by atoms with Crippen molar-refractivity contribution >= 4 is 22.9 Å². The molecule has 146 valence electrons. The molecule has 4 heteroatoms. The largest absolute Gasteiger partial charge is 0.305 e. The standard InChI is InChI=1S/C25H25N3O/c1-25(2,3)20-15-13-18(14-16-20)17-28-22-12-8-7-11-21(22)26-24(28)27-23(29)19-9-5-4-6-10-19/h4-16H,17H2,1-3H3,(H,26,27,29). The van der Waals surface area contributed by atoms with Crippen LogP contribution in [-0.4, -0.2) is 15.5 Å². The summed E-state index contributed by atoms with van der Waals surface area (Å²) in [6.45, 7) is 7.27. The van der Waals surface area contributed by atoms with Gasteiger partial charge in [0, 0.05) is 5.56 Å². The van der Waals surface area contributed by atoms with Crippen molar-refractivity contribution in [2.75, 3.05) is 5.32 Å². The summed E-state index contributed by atoms with van der Waals surface area (Å²) < 4.78 is 2.06. The van der Waals surface area contributed by atoms with E-state index in [1.54, 1.807) is 12.1 Å². The number of hydrogen-bond donors (Lipinski definition) is 1. The number of anilines is 1. The van der Waals surface area contributed by atoms with Crippen molar-refractivity contribution < 1.29 is 4.79 Å². The van der Waals surface area contributed by atoms with Gasteiger partial charge in [0.25, 0.3) is 5.91 Å². The zero-order valence-corrected chi connectivity index (χ0v) is 17.0. The van der Waals surface area contributed by atoms with Crippen LogP contribution in [0.3, 0.4) is 0 Å². The van der Waals surface area contributed by atoms with E-state index in [-0.39, 0.29) is 11.3 Å². The molecule has 0 atom stereocenters. The van der Waals surface area contributed by atoms with Gasteiger partial charge >= 0.3 is 0 Å². The molecule has 1 N–H and O–H groups in total. The van der Waals surface area contributed by atoms with Gasteiger partial charge in [-0.2, -0.15) is 0 Å². The minimum absolute atomic E-state index is 0.120. The van der Waals surface area contributed by atoms with Crippen LogP contribution in [0.2, 0.25) is 0 Å². The number of rotatable bonds is 4. The number of fused-ring (bicyclic) bond motifs is 1. The lowest BCUT2D eigenvalue weighted by Crippen LogP contribution is -2.16. The molecule has 0 fully saturated rings. The molecule has 1 aromatic heterocycles. The predicted molar refractivity (Wildman–Crippen MR) is 118 cm³/mol. The number of para-hydroxylation sites is 2. The summed E-state index contributed by atoms with van der Waals surface area (Å²) in [5, 5.41) is 2.99. The maximum atomic E-state index is 12.7. The van der Waals surface area contributed by atoms with Gasteiger partial charge in [0.1, 0.15) is 0 Å². The number of carbonyl (C=O) groups is 1. The van der Waals surface area contributed by atoms with E-state index in [2.05, 4.69) is 59.9 Å². The van der Waals surface area contributed by atoms with Crippen LogP contribution in [0.5, 0.6) is 0 Å². The number of aromatic nitrogens is 2. The highest BCUT2D eigenvalue weighted by molar-refractivity contribution is 6.04. The van der Waals surface area contributed by atoms with Crippen molar-refractivity contribution in [2.45, 2.75) is 32.7 Å². The van der Waals surface area contributed by atoms with Crippen LogP contribution < -0.4 is 5.32 Å². The molecule has 0 radical (unpaired) electrons. The molecular formula is C25H25N3O. The van der Waals surface area contributed by atoms with Gasteiger partial charge in [-0.15, -0.1) is 0 Å². The molecule has 0 spiro atoms. The molecule has 0 bridgehead atoms. The summed E-state index contributed by atoms with van der Waals surface area (Å²) in [4.78, 5) is 17.3. The number of nitrogens with zero attached hydrogens (tertiary/aromatic N) is 2. The zero-order valence-electron chi connectivity index (χ0n) is 17.0. The molecule has 4 nitrogen and oxygen atoms in total. The first-order valence-electron chi connectivity index (χ1n) is 9.83. The van der Waals surface area contributed by atoms with Gasteiger partial charge in [0.05, 0.1) is 17.6 Å².